The highest BCUT2D eigenvalue weighted by Gasteiger charge is 2.07. The molecular weight excluding hydrogens is 208 g/mol. The fraction of sp³-hybridized carbons (Fsp3) is 0.600. The van der Waals surface area contributed by atoms with Crippen LogP contribution in [0.1, 0.15) is 38.8 Å². The van der Waals surface area contributed by atoms with E-state index in [4.69, 9.17) is 0 Å². The van der Waals surface area contributed by atoms with E-state index in [-0.39, 0.29) is 0 Å². The first-order valence-electron chi connectivity index (χ1n) is 6.56. The smallest absolute Gasteiger partial charge is 0.0363 e. The van der Waals surface area contributed by atoms with Gasteiger partial charge in [0, 0.05) is 25.3 Å². The van der Waals surface area contributed by atoms with Crippen LogP contribution in [0.2, 0.25) is 0 Å². The van der Waals surface area contributed by atoms with Crippen LogP contribution in [0.5, 0.6) is 0 Å². The molecule has 1 rings (SSSR count). The third-order valence-electron chi connectivity index (χ3n) is 3.55. The third kappa shape index (κ3) is 4.04. The molecule has 0 fully saturated rings. The second-order valence-corrected chi connectivity index (χ2v) is 5.00. The average molecular weight is 234 g/mol. The first kappa shape index (κ1) is 14.0. The van der Waals surface area contributed by atoms with Gasteiger partial charge in [-0.05, 0) is 37.6 Å². The Labute approximate surface area is 106 Å². The molecule has 0 amide bonds. The Morgan fingerprint density at radius 1 is 1.18 bits per heavy atom. The third-order valence-corrected chi connectivity index (χ3v) is 3.55. The molecule has 0 heterocycles. The van der Waals surface area contributed by atoms with E-state index in [2.05, 4.69) is 62.3 Å². The summed E-state index contributed by atoms with van der Waals surface area (Å²) in [5.74, 6) is 0.746. The zero-order valence-corrected chi connectivity index (χ0v) is 11.8. The zero-order valence-electron chi connectivity index (χ0n) is 11.8. The zero-order chi connectivity index (χ0) is 12.8. The van der Waals surface area contributed by atoms with Crippen LogP contribution < -0.4 is 10.2 Å². The van der Waals surface area contributed by atoms with E-state index in [0.717, 1.165) is 12.5 Å². The Morgan fingerprint density at radius 3 is 2.24 bits per heavy atom. The lowest BCUT2D eigenvalue weighted by Gasteiger charge is -2.23. The minimum atomic E-state index is 0.420. The molecule has 17 heavy (non-hydrogen) atoms. The van der Waals surface area contributed by atoms with Gasteiger partial charge in [0.15, 0.2) is 0 Å². The van der Waals surface area contributed by atoms with E-state index in [1.807, 2.05) is 7.05 Å². The minimum absolute atomic E-state index is 0.420. The van der Waals surface area contributed by atoms with Crippen molar-refractivity contribution in [3.05, 3.63) is 29.8 Å². The molecule has 96 valence electrons. The van der Waals surface area contributed by atoms with E-state index in [9.17, 15) is 0 Å². The predicted molar refractivity (Wildman–Crippen MR) is 76.6 cm³/mol. The van der Waals surface area contributed by atoms with Gasteiger partial charge in [-0.25, -0.2) is 0 Å². The van der Waals surface area contributed by atoms with Gasteiger partial charge >= 0.3 is 0 Å². The number of nitrogens with zero attached hydrogens (tertiary/aromatic N) is 1. The van der Waals surface area contributed by atoms with E-state index in [1.165, 1.54) is 17.7 Å². The summed E-state index contributed by atoms with van der Waals surface area (Å²) < 4.78 is 0. The van der Waals surface area contributed by atoms with E-state index < -0.39 is 0 Å². The van der Waals surface area contributed by atoms with Crippen LogP contribution in [0.4, 0.5) is 5.69 Å². The first-order chi connectivity index (χ1) is 8.08. The summed E-state index contributed by atoms with van der Waals surface area (Å²) in [4.78, 5) is 2.34. The molecular formula is C15H26N2. The lowest BCUT2D eigenvalue weighted by atomic mass is 10.1. The van der Waals surface area contributed by atoms with Crippen molar-refractivity contribution >= 4 is 5.69 Å². The fourth-order valence-corrected chi connectivity index (χ4v) is 1.89. The van der Waals surface area contributed by atoms with Crippen LogP contribution in [0.3, 0.4) is 0 Å². The van der Waals surface area contributed by atoms with Crippen LogP contribution in [0.15, 0.2) is 24.3 Å². The molecule has 2 atom stereocenters. The van der Waals surface area contributed by atoms with Gasteiger partial charge in [0.1, 0.15) is 0 Å². The number of hydrogen-bond donors (Lipinski definition) is 1. The van der Waals surface area contributed by atoms with Crippen LogP contribution in [-0.4, -0.2) is 20.6 Å². The average Bonchev–Trinajstić information content (AvgIpc) is 2.37. The van der Waals surface area contributed by atoms with Crippen LogP contribution >= 0.6 is 0 Å². The first-order valence-corrected chi connectivity index (χ1v) is 6.56. The number of rotatable bonds is 6. The quantitative estimate of drug-likeness (QED) is 0.811. The van der Waals surface area contributed by atoms with Crippen LogP contribution in [0, 0.1) is 5.92 Å². The molecule has 2 nitrogen and oxygen atoms in total. The maximum atomic E-state index is 3.26. The molecule has 0 aliphatic rings. The maximum Gasteiger partial charge on any atom is 0.0363 e. The Hall–Kier alpha value is -1.02. The van der Waals surface area contributed by atoms with Crippen molar-refractivity contribution in [2.24, 2.45) is 5.92 Å². The van der Waals surface area contributed by atoms with Crippen molar-refractivity contribution in [2.75, 3.05) is 25.5 Å². The van der Waals surface area contributed by atoms with Crippen molar-refractivity contribution in [1.29, 1.82) is 0 Å². The fourth-order valence-electron chi connectivity index (χ4n) is 1.89. The molecule has 2 heteroatoms. The Bertz CT molecular complexity index is 318. The molecule has 0 saturated heterocycles. The van der Waals surface area contributed by atoms with Crippen molar-refractivity contribution in [2.45, 2.75) is 33.2 Å². The molecule has 1 aromatic rings. The second-order valence-electron chi connectivity index (χ2n) is 5.00. The summed E-state index contributed by atoms with van der Waals surface area (Å²) >= 11 is 0. The highest BCUT2D eigenvalue weighted by molar-refractivity contribution is 5.47. The lowest BCUT2D eigenvalue weighted by Crippen LogP contribution is -2.23. The van der Waals surface area contributed by atoms with Gasteiger partial charge in [-0.3, -0.25) is 0 Å². The van der Waals surface area contributed by atoms with Gasteiger partial charge in [0.25, 0.3) is 0 Å². The summed E-state index contributed by atoms with van der Waals surface area (Å²) in [7, 11) is 4.16. The van der Waals surface area contributed by atoms with Crippen molar-refractivity contribution in [3.63, 3.8) is 0 Å². The van der Waals surface area contributed by atoms with Crippen molar-refractivity contribution < 1.29 is 0 Å². The van der Waals surface area contributed by atoms with Crippen molar-refractivity contribution in [3.8, 4) is 0 Å². The number of benzene rings is 1. The Morgan fingerprint density at radius 2 is 1.76 bits per heavy atom. The largest absolute Gasteiger partial charge is 0.374 e. The molecule has 0 aromatic heterocycles. The van der Waals surface area contributed by atoms with E-state index in [0.29, 0.717) is 6.04 Å². The number of nitrogens with one attached hydrogen (secondary N) is 1. The monoisotopic (exact) mass is 234 g/mol. The van der Waals surface area contributed by atoms with Crippen LogP contribution in [-0.2, 0) is 0 Å². The molecule has 0 bridgehead atoms. The van der Waals surface area contributed by atoms with Crippen molar-refractivity contribution in [1.82, 2.24) is 5.32 Å². The Kier molecular flexibility index (Phi) is 5.49. The summed E-state index contributed by atoms with van der Waals surface area (Å²) in [5.41, 5.74) is 2.64. The number of anilines is 1. The molecule has 0 saturated carbocycles. The topological polar surface area (TPSA) is 15.3 Å². The summed E-state index contributed by atoms with van der Waals surface area (Å²) in [5, 5.41) is 3.26. The summed E-state index contributed by atoms with van der Waals surface area (Å²) in [6, 6.07) is 9.27. The number of hydrogen-bond acceptors (Lipinski definition) is 2. The predicted octanol–water partition coefficient (Wildman–Crippen LogP) is 3.45. The van der Waals surface area contributed by atoms with E-state index in [1.54, 1.807) is 0 Å². The molecule has 1 aromatic carbocycles. The van der Waals surface area contributed by atoms with E-state index >= 15 is 0 Å². The normalized spacial score (nSPS) is 14.4. The molecule has 0 aliphatic heterocycles. The molecule has 1 N–H and O–H groups in total. The summed E-state index contributed by atoms with van der Waals surface area (Å²) in [6.45, 7) is 7.85. The van der Waals surface area contributed by atoms with Gasteiger partial charge in [-0.15, -0.1) is 0 Å². The van der Waals surface area contributed by atoms with Crippen LogP contribution in [0.25, 0.3) is 0 Å². The standard InChI is InChI=1S/C15H26N2/c1-6-12(2)11-17(5)15-9-7-14(8-10-15)13(3)16-4/h7-10,12-13,16H,6,11H2,1-5H3. The minimum Gasteiger partial charge on any atom is -0.374 e. The second kappa shape index (κ2) is 6.65. The van der Waals surface area contributed by atoms with Gasteiger partial charge in [0.05, 0.1) is 0 Å². The maximum absolute atomic E-state index is 3.26. The van der Waals surface area contributed by atoms with Gasteiger partial charge < -0.3 is 10.2 Å². The summed E-state index contributed by atoms with van der Waals surface area (Å²) in [6.07, 6.45) is 1.24. The highest BCUT2D eigenvalue weighted by atomic mass is 15.1. The molecule has 0 spiro atoms. The molecule has 0 aliphatic carbocycles. The SMILES string of the molecule is CCC(C)CN(C)c1ccc(C(C)NC)cc1. The van der Waals surface area contributed by atoms with Gasteiger partial charge in [-0.2, -0.15) is 0 Å². The lowest BCUT2D eigenvalue weighted by molar-refractivity contribution is 0.560. The highest BCUT2D eigenvalue weighted by Crippen LogP contribution is 2.19. The van der Waals surface area contributed by atoms with Gasteiger partial charge in [-0.1, -0.05) is 32.4 Å². The molecule has 2 unspecified atom stereocenters. The molecule has 0 radical (unpaired) electrons. The van der Waals surface area contributed by atoms with Gasteiger partial charge in [0.2, 0.25) is 0 Å². The Balaban J connectivity index is 2.66.